The van der Waals surface area contributed by atoms with Gasteiger partial charge in [-0.2, -0.15) is 0 Å². The number of benzene rings is 1. The van der Waals surface area contributed by atoms with Gasteiger partial charge in [-0.15, -0.1) is 11.3 Å². The van der Waals surface area contributed by atoms with E-state index in [1.807, 2.05) is 4.90 Å². The lowest BCUT2D eigenvalue weighted by Gasteiger charge is -2.27. The lowest BCUT2D eigenvalue weighted by molar-refractivity contribution is -0.130. The second-order valence-electron chi connectivity index (χ2n) is 5.35. The van der Waals surface area contributed by atoms with Crippen molar-refractivity contribution >= 4 is 40.4 Å². The summed E-state index contributed by atoms with van der Waals surface area (Å²) in [5.74, 6) is -0.533. The highest BCUT2D eigenvalue weighted by atomic mass is 35.5. The molecule has 0 saturated heterocycles. The summed E-state index contributed by atoms with van der Waals surface area (Å²) >= 11 is 7.75. The minimum atomic E-state index is -0.572. The average Bonchev–Trinajstić information content (AvgIpc) is 2.99. The maximum Gasteiger partial charge on any atom is 0.250 e. The van der Waals surface area contributed by atoms with Crippen LogP contribution in [0.4, 0.5) is 5.69 Å². The van der Waals surface area contributed by atoms with Crippen LogP contribution in [0.1, 0.15) is 20.8 Å². The summed E-state index contributed by atoms with van der Waals surface area (Å²) in [5.41, 5.74) is 7.40. The number of nitrogens with one attached hydrogen (secondary N) is 1. The number of amides is 2. The molecule has 2 amide bonds. The molecule has 0 atom stereocenters. The number of nitrogens with zero attached hydrogens (tertiary/aromatic N) is 1. The molecule has 0 bridgehead atoms. The van der Waals surface area contributed by atoms with Crippen LogP contribution in [0.15, 0.2) is 29.6 Å². The monoisotopic (exact) mass is 349 g/mol. The second-order valence-corrected chi connectivity index (χ2v) is 6.75. The number of fused-ring (bicyclic) bond motifs is 1. The number of thiophene rings is 1. The van der Waals surface area contributed by atoms with Crippen LogP contribution in [-0.4, -0.2) is 29.8 Å². The van der Waals surface area contributed by atoms with Gasteiger partial charge in [-0.25, -0.2) is 0 Å². The van der Waals surface area contributed by atoms with Crippen molar-refractivity contribution in [1.82, 2.24) is 4.90 Å². The first-order chi connectivity index (χ1) is 11.0. The normalized spacial score (nSPS) is 13.5. The second kappa shape index (κ2) is 6.60. The van der Waals surface area contributed by atoms with E-state index in [1.54, 1.807) is 29.5 Å². The molecule has 7 heteroatoms. The number of primary amides is 1. The average molecular weight is 350 g/mol. The number of rotatable bonds is 4. The summed E-state index contributed by atoms with van der Waals surface area (Å²) in [4.78, 5) is 26.7. The van der Waals surface area contributed by atoms with Crippen LogP contribution in [0.25, 0.3) is 0 Å². The molecule has 2 aromatic rings. The Labute approximate surface area is 143 Å². The Morgan fingerprint density at radius 1 is 1.35 bits per heavy atom. The molecule has 120 valence electrons. The molecule has 0 fully saturated rings. The Balaban J connectivity index is 1.59. The molecule has 2 heterocycles. The molecule has 3 rings (SSSR count). The Bertz CT molecular complexity index is 760. The number of carbonyl (C=O) groups is 2. The predicted molar refractivity (Wildman–Crippen MR) is 91.9 cm³/mol. The van der Waals surface area contributed by atoms with Gasteiger partial charge >= 0.3 is 0 Å². The van der Waals surface area contributed by atoms with E-state index in [4.69, 9.17) is 17.3 Å². The maximum atomic E-state index is 12.3. The van der Waals surface area contributed by atoms with Gasteiger partial charge in [-0.3, -0.25) is 9.59 Å². The third-order valence-electron chi connectivity index (χ3n) is 3.84. The fraction of sp³-hybridized carbons (Fsp3) is 0.250. The molecule has 0 unspecified atom stereocenters. The first-order valence-electron chi connectivity index (χ1n) is 7.21. The number of carbonyl (C=O) groups excluding carboxylic acids is 2. The van der Waals surface area contributed by atoms with Crippen LogP contribution in [0.5, 0.6) is 0 Å². The van der Waals surface area contributed by atoms with E-state index >= 15 is 0 Å². The van der Waals surface area contributed by atoms with Gasteiger partial charge in [0.1, 0.15) is 0 Å². The topological polar surface area (TPSA) is 75.4 Å². The third kappa shape index (κ3) is 3.48. The Kier molecular flexibility index (Phi) is 4.54. The van der Waals surface area contributed by atoms with Gasteiger partial charge in [0.15, 0.2) is 0 Å². The molecule has 0 saturated carbocycles. The molecular weight excluding hydrogens is 334 g/mol. The van der Waals surface area contributed by atoms with Gasteiger partial charge in [0.25, 0.3) is 0 Å². The van der Waals surface area contributed by atoms with E-state index in [2.05, 4.69) is 16.8 Å². The zero-order chi connectivity index (χ0) is 16.4. The first-order valence-corrected chi connectivity index (χ1v) is 8.46. The maximum absolute atomic E-state index is 12.3. The molecule has 0 spiro atoms. The van der Waals surface area contributed by atoms with Crippen molar-refractivity contribution in [3.8, 4) is 0 Å². The van der Waals surface area contributed by atoms with E-state index in [-0.39, 0.29) is 23.0 Å². The van der Waals surface area contributed by atoms with Crippen molar-refractivity contribution < 1.29 is 9.59 Å². The van der Waals surface area contributed by atoms with Crippen LogP contribution in [0.2, 0.25) is 5.02 Å². The van der Waals surface area contributed by atoms with Crippen molar-refractivity contribution in [2.24, 2.45) is 5.73 Å². The fourth-order valence-corrected chi connectivity index (χ4v) is 3.74. The molecule has 3 N–H and O–H groups in total. The summed E-state index contributed by atoms with van der Waals surface area (Å²) < 4.78 is 0. The molecule has 1 aromatic carbocycles. The van der Waals surface area contributed by atoms with E-state index in [1.165, 1.54) is 10.4 Å². The zero-order valence-corrected chi connectivity index (χ0v) is 13.9. The van der Waals surface area contributed by atoms with Crippen LogP contribution < -0.4 is 11.1 Å². The van der Waals surface area contributed by atoms with Gasteiger partial charge < -0.3 is 16.0 Å². The van der Waals surface area contributed by atoms with E-state index in [0.717, 1.165) is 13.0 Å². The van der Waals surface area contributed by atoms with Gasteiger partial charge in [0, 0.05) is 23.7 Å². The van der Waals surface area contributed by atoms with Crippen LogP contribution >= 0.6 is 22.9 Å². The Hall–Kier alpha value is -2.05. The van der Waals surface area contributed by atoms with Crippen LogP contribution in [0, 0.1) is 0 Å². The van der Waals surface area contributed by atoms with Gasteiger partial charge in [0.2, 0.25) is 11.8 Å². The molecular formula is C16H16ClN3O2S. The van der Waals surface area contributed by atoms with Crippen molar-refractivity contribution in [3.63, 3.8) is 0 Å². The van der Waals surface area contributed by atoms with Gasteiger partial charge in [0.05, 0.1) is 17.1 Å². The molecule has 23 heavy (non-hydrogen) atoms. The van der Waals surface area contributed by atoms with Gasteiger partial charge in [-0.1, -0.05) is 11.6 Å². The molecule has 1 aliphatic rings. The van der Waals surface area contributed by atoms with Crippen LogP contribution in [-0.2, 0) is 17.8 Å². The highest BCUT2D eigenvalue weighted by Gasteiger charge is 2.21. The zero-order valence-electron chi connectivity index (χ0n) is 12.3. The smallest absolute Gasteiger partial charge is 0.250 e. The number of hydrogen-bond donors (Lipinski definition) is 2. The quantitative estimate of drug-likeness (QED) is 0.890. The fourth-order valence-electron chi connectivity index (χ4n) is 2.58. The predicted octanol–water partition coefficient (Wildman–Crippen LogP) is 2.50. The molecule has 1 aromatic heterocycles. The number of halogens is 1. The summed E-state index contributed by atoms with van der Waals surface area (Å²) in [6, 6.07) is 6.92. The minimum Gasteiger partial charge on any atom is -0.376 e. The molecule has 0 aliphatic carbocycles. The van der Waals surface area contributed by atoms with Gasteiger partial charge in [-0.05, 0) is 41.6 Å². The number of anilines is 1. The lowest BCUT2D eigenvalue weighted by Crippen LogP contribution is -2.38. The number of hydrogen-bond acceptors (Lipinski definition) is 4. The van der Waals surface area contributed by atoms with E-state index in [0.29, 0.717) is 12.2 Å². The molecule has 0 radical (unpaired) electrons. The summed E-state index contributed by atoms with van der Waals surface area (Å²) in [5, 5.41) is 5.38. The Morgan fingerprint density at radius 2 is 2.17 bits per heavy atom. The van der Waals surface area contributed by atoms with Crippen molar-refractivity contribution in [2.45, 2.75) is 13.0 Å². The summed E-state index contributed by atoms with van der Waals surface area (Å²) in [6.45, 7) is 1.60. The Morgan fingerprint density at radius 3 is 2.91 bits per heavy atom. The number of nitrogens with two attached hydrogens (primary N) is 1. The highest BCUT2D eigenvalue weighted by Crippen LogP contribution is 2.24. The standard InChI is InChI=1S/C16H16ClN3O2S/c17-13-7-11(1-2-12(13)16(18)22)19-8-15(21)20-5-3-14-10(9-20)4-6-23-14/h1-2,4,6-7,19H,3,5,8-9H2,(H2,18,22). The van der Waals surface area contributed by atoms with E-state index < -0.39 is 5.91 Å². The van der Waals surface area contributed by atoms with E-state index in [9.17, 15) is 9.59 Å². The SMILES string of the molecule is NC(=O)c1ccc(NCC(=O)N2CCc3sccc3C2)cc1Cl. The summed E-state index contributed by atoms with van der Waals surface area (Å²) in [7, 11) is 0. The highest BCUT2D eigenvalue weighted by molar-refractivity contribution is 7.10. The van der Waals surface area contributed by atoms with Crippen molar-refractivity contribution in [3.05, 3.63) is 50.7 Å². The van der Waals surface area contributed by atoms with Crippen LogP contribution in [0.3, 0.4) is 0 Å². The lowest BCUT2D eigenvalue weighted by atomic mass is 10.1. The van der Waals surface area contributed by atoms with Crippen molar-refractivity contribution in [2.75, 3.05) is 18.4 Å². The molecule has 5 nitrogen and oxygen atoms in total. The first kappa shape index (κ1) is 15.8. The largest absolute Gasteiger partial charge is 0.376 e. The minimum absolute atomic E-state index is 0.0388. The summed E-state index contributed by atoms with van der Waals surface area (Å²) in [6.07, 6.45) is 0.915. The van der Waals surface area contributed by atoms with Crippen molar-refractivity contribution in [1.29, 1.82) is 0 Å². The molecule has 1 aliphatic heterocycles. The third-order valence-corrected chi connectivity index (χ3v) is 5.17.